The Balaban J connectivity index is 2.21. The Morgan fingerprint density at radius 2 is 2.33 bits per heavy atom. The zero-order valence-electron chi connectivity index (χ0n) is 11.9. The molecule has 5 nitrogen and oxygen atoms in total. The van der Waals surface area contributed by atoms with Crippen LogP contribution in [0.4, 0.5) is 5.69 Å². The second-order valence-corrected chi connectivity index (χ2v) is 5.25. The molecule has 1 aromatic heterocycles. The van der Waals surface area contributed by atoms with Gasteiger partial charge < -0.3 is 15.6 Å². The normalized spacial score (nSPS) is 12.1. The number of nitrogens with zero attached hydrogens (tertiary/aromatic N) is 2. The third-order valence-corrected chi connectivity index (χ3v) is 3.52. The minimum atomic E-state index is -0.514. The smallest absolute Gasteiger partial charge is 0.241 e. The lowest BCUT2D eigenvalue weighted by Gasteiger charge is -2.16. The van der Waals surface area contributed by atoms with E-state index in [1.165, 1.54) is 0 Å². The molecule has 0 aliphatic rings. The van der Waals surface area contributed by atoms with Crippen LogP contribution in [0.5, 0.6) is 0 Å². The molecule has 1 unspecified atom stereocenters. The van der Waals surface area contributed by atoms with Gasteiger partial charge in [0.25, 0.3) is 0 Å². The molecule has 1 amide bonds. The number of benzene rings is 1. The van der Waals surface area contributed by atoms with Crippen LogP contribution >= 0.6 is 11.6 Å². The highest BCUT2D eigenvalue weighted by Crippen LogP contribution is 2.28. The van der Waals surface area contributed by atoms with Crippen LogP contribution in [-0.2, 0) is 4.79 Å². The molecule has 3 N–H and O–H groups in total. The number of para-hydroxylation sites is 1. The molecule has 21 heavy (non-hydrogen) atoms. The summed E-state index contributed by atoms with van der Waals surface area (Å²) in [6, 6.07) is 4.84. The van der Waals surface area contributed by atoms with Gasteiger partial charge in [-0.2, -0.15) is 0 Å². The van der Waals surface area contributed by atoms with Crippen LogP contribution < -0.4 is 11.1 Å². The van der Waals surface area contributed by atoms with E-state index in [4.69, 9.17) is 17.3 Å². The first-order valence-corrected chi connectivity index (χ1v) is 7.34. The Hall–Kier alpha value is -1.85. The number of unbranched alkanes of at least 4 members (excludes halogenated alkanes) is 1. The molecular weight excluding hydrogens is 288 g/mol. The molecule has 0 spiro atoms. The highest BCUT2D eigenvalue weighted by molar-refractivity contribution is 6.33. The summed E-state index contributed by atoms with van der Waals surface area (Å²) < 4.78 is 1.76. The van der Waals surface area contributed by atoms with Crippen LogP contribution in [0.25, 0.3) is 5.69 Å². The second-order valence-electron chi connectivity index (χ2n) is 4.84. The van der Waals surface area contributed by atoms with Crippen molar-refractivity contribution in [3.05, 3.63) is 41.9 Å². The fraction of sp³-hybridized carbons (Fsp3) is 0.333. The molecule has 0 aliphatic carbocycles. The molecule has 1 atom stereocenters. The zero-order chi connectivity index (χ0) is 15.2. The third kappa shape index (κ3) is 3.83. The van der Waals surface area contributed by atoms with Crippen LogP contribution in [0, 0.1) is 0 Å². The van der Waals surface area contributed by atoms with Gasteiger partial charge in [0.1, 0.15) is 0 Å². The van der Waals surface area contributed by atoms with E-state index in [0.717, 1.165) is 12.8 Å². The summed E-state index contributed by atoms with van der Waals surface area (Å²) in [5, 5.41) is 3.39. The number of carbonyl (C=O) groups excluding carboxylic acids is 1. The quantitative estimate of drug-likeness (QED) is 0.861. The molecule has 0 aliphatic heterocycles. The Morgan fingerprint density at radius 1 is 1.52 bits per heavy atom. The average Bonchev–Trinajstić information content (AvgIpc) is 2.98. The van der Waals surface area contributed by atoms with Crippen molar-refractivity contribution in [2.75, 3.05) is 5.32 Å². The number of aromatic nitrogens is 2. The molecule has 0 saturated heterocycles. The van der Waals surface area contributed by atoms with Gasteiger partial charge in [-0.05, 0) is 18.6 Å². The third-order valence-electron chi connectivity index (χ3n) is 3.21. The summed E-state index contributed by atoms with van der Waals surface area (Å²) >= 11 is 6.24. The van der Waals surface area contributed by atoms with Crippen LogP contribution in [0.3, 0.4) is 0 Å². The predicted molar refractivity (Wildman–Crippen MR) is 84.7 cm³/mol. The van der Waals surface area contributed by atoms with Gasteiger partial charge in [0.2, 0.25) is 5.91 Å². The van der Waals surface area contributed by atoms with Gasteiger partial charge in [-0.1, -0.05) is 37.4 Å². The molecule has 0 radical (unpaired) electrons. The maximum atomic E-state index is 12.1. The number of hydrogen-bond acceptors (Lipinski definition) is 3. The Bertz CT molecular complexity index is 598. The molecule has 2 aromatic rings. The van der Waals surface area contributed by atoms with E-state index in [-0.39, 0.29) is 5.91 Å². The Kier molecular flexibility index (Phi) is 5.36. The van der Waals surface area contributed by atoms with Gasteiger partial charge in [-0.15, -0.1) is 0 Å². The van der Waals surface area contributed by atoms with Crippen molar-refractivity contribution in [3.8, 4) is 5.69 Å². The fourth-order valence-corrected chi connectivity index (χ4v) is 2.32. The predicted octanol–water partition coefficient (Wildman–Crippen LogP) is 2.98. The maximum absolute atomic E-state index is 12.1. The number of carbonyl (C=O) groups is 1. The molecule has 1 heterocycles. The molecular formula is C15H19ClN4O. The molecule has 112 valence electrons. The molecule has 0 fully saturated rings. The minimum absolute atomic E-state index is 0.202. The largest absolute Gasteiger partial charge is 0.323 e. The van der Waals surface area contributed by atoms with E-state index in [0.29, 0.717) is 22.8 Å². The number of rotatable bonds is 6. The minimum Gasteiger partial charge on any atom is -0.323 e. The van der Waals surface area contributed by atoms with Gasteiger partial charge in [-0.3, -0.25) is 4.79 Å². The van der Waals surface area contributed by atoms with E-state index in [1.54, 1.807) is 41.5 Å². The van der Waals surface area contributed by atoms with Gasteiger partial charge in [0, 0.05) is 12.4 Å². The Labute approximate surface area is 129 Å². The number of anilines is 1. The lowest BCUT2D eigenvalue weighted by molar-refractivity contribution is -0.117. The standard InChI is InChI=1S/C15H19ClN4O/c1-2-3-6-12(17)15(21)19-13-7-4-5-11(16)14(13)20-9-8-18-10-20/h4-5,7-10,12H,2-3,6,17H2,1H3,(H,19,21). The fourth-order valence-electron chi connectivity index (χ4n) is 2.05. The summed E-state index contributed by atoms with van der Waals surface area (Å²) in [6.45, 7) is 2.07. The van der Waals surface area contributed by atoms with Crippen molar-refractivity contribution in [2.45, 2.75) is 32.2 Å². The SMILES string of the molecule is CCCCC(N)C(=O)Nc1cccc(Cl)c1-n1ccnc1. The summed E-state index contributed by atoms with van der Waals surface area (Å²) in [6.07, 6.45) is 7.67. The van der Waals surface area contributed by atoms with Gasteiger partial charge in [-0.25, -0.2) is 4.98 Å². The second kappa shape index (κ2) is 7.24. The Morgan fingerprint density at radius 3 is 3.00 bits per heavy atom. The number of hydrogen-bond donors (Lipinski definition) is 2. The maximum Gasteiger partial charge on any atom is 0.241 e. The van der Waals surface area contributed by atoms with Crippen molar-refractivity contribution < 1.29 is 4.79 Å². The van der Waals surface area contributed by atoms with Gasteiger partial charge in [0.15, 0.2) is 0 Å². The van der Waals surface area contributed by atoms with Crippen molar-refractivity contribution in [3.63, 3.8) is 0 Å². The molecule has 0 bridgehead atoms. The topological polar surface area (TPSA) is 72.9 Å². The number of halogens is 1. The highest BCUT2D eigenvalue weighted by Gasteiger charge is 2.16. The van der Waals surface area contributed by atoms with Crippen molar-refractivity contribution >= 4 is 23.2 Å². The van der Waals surface area contributed by atoms with Crippen molar-refractivity contribution in [1.82, 2.24) is 9.55 Å². The van der Waals surface area contributed by atoms with E-state index in [9.17, 15) is 4.79 Å². The summed E-state index contributed by atoms with van der Waals surface area (Å²) in [7, 11) is 0. The number of nitrogens with one attached hydrogen (secondary N) is 1. The molecule has 0 saturated carbocycles. The van der Waals surface area contributed by atoms with Crippen LogP contribution in [0.15, 0.2) is 36.9 Å². The number of amides is 1. The van der Waals surface area contributed by atoms with Crippen molar-refractivity contribution in [2.24, 2.45) is 5.73 Å². The van der Waals surface area contributed by atoms with Crippen LogP contribution in [-0.4, -0.2) is 21.5 Å². The lowest BCUT2D eigenvalue weighted by Crippen LogP contribution is -2.35. The van der Waals surface area contributed by atoms with Crippen molar-refractivity contribution in [1.29, 1.82) is 0 Å². The van der Waals surface area contributed by atoms with Gasteiger partial charge >= 0.3 is 0 Å². The summed E-state index contributed by atoms with van der Waals surface area (Å²) in [5.41, 5.74) is 7.20. The van der Waals surface area contributed by atoms with Crippen LogP contribution in [0.2, 0.25) is 5.02 Å². The summed E-state index contributed by atoms with van der Waals surface area (Å²) in [5.74, 6) is -0.202. The van der Waals surface area contributed by atoms with E-state index >= 15 is 0 Å². The zero-order valence-corrected chi connectivity index (χ0v) is 12.7. The molecule has 2 rings (SSSR count). The first-order chi connectivity index (χ1) is 10.1. The average molecular weight is 307 g/mol. The monoisotopic (exact) mass is 306 g/mol. The number of imidazole rings is 1. The molecule has 1 aromatic carbocycles. The highest BCUT2D eigenvalue weighted by atomic mass is 35.5. The lowest BCUT2D eigenvalue weighted by atomic mass is 10.1. The van der Waals surface area contributed by atoms with Crippen LogP contribution in [0.1, 0.15) is 26.2 Å². The molecule has 6 heteroatoms. The van der Waals surface area contributed by atoms with Gasteiger partial charge in [0.05, 0.1) is 28.8 Å². The first kappa shape index (κ1) is 15.5. The van der Waals surface area contributed by atoms with E-state index < -0.39 is 6.04 Å². The number of nitrogens with two attached hydrogens (primary N) is 1. The van der Waals surface area contributed by atoms with E-state index in [1.807, 2.05) is 0 Å². The first-order valence-electron chi connectivity index (χ1n) is 6.96. The summed E-state index contributed by atoms with van der Waals surface area (Å²) in [4.78, 5) is 16.1. The van der Waals surface area contributed by atoms with E-state index in [2.05, 4.69) is 17.2 Å².